The third kappa shape index (κ3) is 3.25. The largest absolute Gasteiger partial charge is 0.391 e. The van der Waals surface area contributed by atoms with E-state index in [1.807, 2.05) is 26.1 Å². The minimum atomic E-state index is -0.486. The summed E-state index contributed by atoms with van der Waals surface area (Å²) in [5, 5.41) is 19.8. The minimum Gasteiger partial charge on any atom is -0.391 e. The molecule has 106 valence electrons. The molecule has 0 amide bonds. The van der Waals surface area contributed by atoms with Gasteiger partial charge in [0.25, 0.3) is 0 Å². The molecule has 0 aromatic carbocycles. The fourth-order valence-corrected chi connectivity index (χ4v) is 2.75. The van der Waals surface area contributed by atoms with Gasteiger partial charge in [-0.2, -0.15) is 0 Å². The zero-order valence-corrected chi connectivity index (χ0v) is 11.8. The quantitative estimate of drug-likeness (QED) is 0.876. The molecule has 1 aliphatic rings. The predicted octanol–water partition coefficient (Wildman–Crippen LogP) is 2.26. The lowest BCUT2D eigenvalue weighted by Crippen LogP contribution is -2.43. The summed E-state index contributed by atoms with van der Waals surface area (Å²) in [6, 6.07) is 4.02. The topological polar surface area (TPSA) is 56.6 Å². The van der Waals surface area contributed by atoms with E-state index < -0.39 is 6.10 Å². The molecular formula is C15H24N2O2. The van der Waals surface area contributed by atoms with E-state index in [9.17, 15) is 10.2 Å². The van der Waals surface area contributed by atoms with Crippen LogP contribution in [0.4, 0.5) is 5.69 Å². The number of pyridine rings is 1. The normalized spacial score (nSPS) is 25.1. The highest BCUT2D eigenvalue weighted by Crippen LogP contribution is 2.26. The first-order chi connectivity index (χ1) is 9.13. The van der Waals surface area contributed by atoms with Crippen molar-refractivity contribution in [2.24, 2.45) is 0 Å². The van der Waals surface area contributed by atoms with Crippen molar-refractivity contribution in [3.8, 4) is 0 Å². The highest BCUT2D eigenvalue weighted by molar-refractivity contribution is 5.45. The van der Waals surface area contributed by atoms with Crippen molar-refractivity contribution in [1.82, 2.24) is 4.98 Å². The molecule has 0 bridgehead atoms. The van der Waals surface area contributed by atoms with Gasteiger partial charge >= 0.3 is 0 Å². The number of aromatic nitrogens is 1. The summed E-state index contributed by atoms with van der Waals surface area (Å²) in [6.07, 6.45) is 5.92. The van der Waals surface area contributed by atoms with Gasteiger partial charge in [-0.05, 0) is 31.4 Å². The SMILES string of the molecule is CC[C@H](O)c1ccc(N(C)C2CCCCC2O)cn1. The average Bonchev–Trinajstić information content (AvgIpc) is 2.46. The third-order valence-electron chi connectivity index (χ3n) is 4.10. The van der Waals surface area contributed by atoms with Crippen molar-refractivity contribution >= 4 is 5.69 Å². The van der Waals surface area contributed by atoms with Crippen molar-refractivity contribution in [2.45, 2.75) is 57.3 Å². The van der Waals surface area contributed by atoms with Crippen molar-refractivity contribution in [3.05, 3.63) is 24.0 Å². The van der Waals surface area contributed by atoms with Gasteiger partial charge in [0.1, 0.15) is 0 Å². The fourth-order valence-electron chi connectivity index (χ4n) is 2.75. The highest BCUT2D eigenvalue weighted by Gasteiger charge is 2.26. The van der Waals surface area contributed by atoms with E-state index in [-0.39, 0.29) is 12.1 Å². The number of nitrogens with zero attached hydrogens (tertiary/aromatic N) is 2. The molecule has 0 radical (unpaired) electrons. The Bertz CT molecular complexity index is 394. The van der Waals surface area contributed by atoms with Gasteiger partial charge in [-0.15, -0.1) is 0 Å². The molecular weight excluding hydrogens is 240 g/mol. The minimum absolute atomic E-state index is 0.178. The van der Waals surface area contributed by atoms with Crippen LogP contribution in [0.1, 0.15) is 50.8 Å². The summed E-state index contributed by atoms with van der Waals surface area (Å²) in [4.78, 5) is 6.43. The van der Waals surface area contributed by atoms with Crippen LogP contribution in [0.15, 0.2) is 18.3 Å². The molecule has 3 atom stereocenters. The summed E-state index contributed by atoms with van der Waals surface area (Å²) in [6.45, 7) is 1.94. The van der Waals surface area contributed by atoms with E-state index in [1.165, 1.54) is 6.42 Å². The molecule has 2 rings (SSSR count). The fraction of sp³-hybridized carbons (Fsp3) is 0.667. The Morgan fingerprint density at radius 1 is 1.37 bits per heavy atom. The zero-order valence-electron chi connectivity index (χ0n) is 11.8. The second-order valence-electron chi connectivity index (χ2n) is 5.40. The van der Waals surface area contributed by atoms with Gasteiger partial charge in [0.05, 0.1) is 35.8 Å². The van der Waals surface area contributed by atoms with Gasteiger partial charge in [0.15, 0.2) is 0 Å². The number of hydrogen-bond donors (Lipinski definition) is 2. The number of hydrogen-bond acceptors (Lipinski definition) is 4. The molecule has 1 aromatic heterocycles. The first-order valence-corrected chi connectivity index (χ1v) is 7.18. The van der Waals surface area contributed by atoms with Crippen LogP contribution in [0.3, 0.4) is 0 Å². The van der Waals surface area contributed by atoms with Crippen molar-refractivity contribution < 1.29 is 10.2 Å². The van der Waals surface area contributed by atoms with Gasteiger partial charge in [-0.3, -0.25) is 4.98 Å². The maximum Gasteiger partial charge on any atom is 0.0957 e. The zero-order chi connectivity index (χ0) is 13.8. The van der Waals surface area contributed by atoms with E-state index in [1.54, 1.807) is 6.20 Å². The molecule has 1 heterocycles. The van der Waals surface area contributed by atoms with E-state index >= 15 is 0 Å². The smallest absolute Gasteiger partial charge is 0.0957 e. The van der Waals surface area contributed by atoms with Gasteiger partial charge < -0.3 is 15.1 Å². The van der Waals surface area contributed by atoms with E-state index in [0.29, 0.717) is 12.1 Å². The first kappa shape index (κ1) is 14.3. The summed E-state index contributed by atoms with van der Waals surface area (Å²) < 4.78 is 0. The molecule has 1 saturated carbocycles. The van der Waals surface area contributed by atoms with Crippen LogP contribution < -0.4 is 4.90 Å². The van der Waals surface area contributed by atoms with Crippen LogP contribution in [0.5, 0.6) is 0 Å². The molecule has 2 unspecified atom stereocenters. The first-order valence-electron chi connectivity index (χ1n) is 7.18. The lowest BCUT2D eigenvalue weighted by molar-refractivity contribution is 0.106. The number of likely N-dealkylation sites (N-methyl/N-ethyl adjacent to an activating group) is 1. The Kier molecular flexibility index (Phi) is 4.77. The van der Waals surface area contributed by atoms with Gasteiger partial charge in [0, 0.05) is 7.05 Å². The molecule has 2 N–H and O–H groups in total. The Labute approximate surface area is 115 Å². The maximum absolute atomic E-state index is 10.1. The molecule has 19 heavy (non-hydrogen) atoms. The average molecular weight is 264 g/mol. The van der Waals surface area contributed by atoms with Gasteiger partial charge in [-0.1, -0.05) is 19.8 Å². The predicted molar refractivity (Wildman–Crippen MR) is 76.2 cm³/mol. The van der Waals surface area contributed by atoms with Crippen LogP contribution in [0, 0.1) is 0 Å². The summed E-state index contributed by atoms with van der Waals surface area (Å²) in [5.41, 5.74) is 1.71. The van der Waals surface area contributed by atoms with Crippen molar-refractivity contribution in [2.75, 3.05) is 11.9 Å². The third-order valence-corrected chi connectivity index (χ3v) is 4.10. The Morgan fingerprint density at radius 2 is 2.11 bits per heavy atom. The number of rotatable bonds is 4. The van der Waals surface area contributed by atoms with Crippen LogP contribution in [0.25, 0.3) is 0 Å². The summed E-state index contributed by atoms with van der Waals surface area (Å²) in [5.74, 6) is 0. The second-order valence-corrected chi connectivity index (χ2v) is 5.40. The second kappa shape index (κ2) is 6.35. The summed E-state index contributed by atoms with van der Waals surface area (Å²) in [7, 11) is 2.01. The molecule has 0 aliphatic heterocycles. The van der Waals surface area contributed by atoms with E-state index in [0.717, 1.165) is 24.9 Å². The van der Waals surface area contributed by atoms with E-state index in [2.05, 4.69) is 9.88 Å². The summed E-state index contributed by atoms with van der Waals surface area (Å²) >= 11 is 0. The number of aliphatic hydroxyl groups is 2. The maximum atomic E-state index is 10.1. The van der Waals surface area contributed by atoms with E-state index in [4.69, 9.17) is 0 Å². The molecule has 1 aromatic rings. The molecule has 0 spiro atoms. The van der Waals surface area contributed by atoms with Crippen LogP contribution >= 0.6 is 0 Å². The van der Waals surface area contributed by atoms with Crippen LogP contribution in [-0.2, 0) is 0 Å². The Morgan fingerprint density at radius 3 is 2.68 bits per heavy atom. The Hall–Kier alpha value is -1.13. The standard InChI is InChI=1S/C15H24N2O2/c1-3-14(18)12-9-8-11(10-16-12)17(2)13-6-4-5-7-15(13)19/h8-10,13-15,18-19H,3-7H2,1-2H3/t13?,14-,15?/m0/s1. The van der Waals surface area contributed by atoms with Crippen molar-refractivity contribution in [1.29, 1.82) is 0 Å². The molecule has 0 saturated heterocycles. The Balaban J connectivity index is 2.08. The van der Waals surface area contributed by atoms with Gasteiger partial charge in [-0.25, -0.2) is 0 Å². The van der Waals surface area contributed by atoms with Crippen molar-refractivity contribution in [3.63, 3.8) is 0 Å². The lowest BCUT2D eigenvalue weighted by atomic mass is 9.91. The van der Waals surface area contributed by atoms with Crippen LogP contribution in [-0.4, -0.2) is 34.4 Å². The molecule has 1 aliphatic carbocycles. The van der Waals surface area contributed by atoms with Gasteiger partial charge in [0.2, 0.25) is 0 Å². The van der Waals surface area contributed by atoms with Crippen LogP contribution in [0.2, 0.25) is 0 Å². The monoisotopic (exact) mass is 264 g/mol. The molecule has 4 heteroatoms. The highest BCUT2D eigenvalue weighted by atomic mass is 16.3. The lowest BCUT2D eigenvalue weighted by Gasteiger charge is -2.36. The number of anilines is 1. The molecule has 1 fully saturated rings. The number of aliphatic hydroxyl groups excluding tert-OH is 2. The molecule has 4 nitrogen and oxygen atoms in total.